The molecule has 0 bridgehead atoms. The van der Waals surface area contributed by atoms with E-state index in [9.17, 15) is 14.4 Å². The zero-order valence-electron chi connectivity index (χ0n) is 53.8. The molecular formula is C75H132O6. The van der Waals surface area contributed by atoms with Gasteiger partial charge in [-0.3, -0.25) is 14.4 Å². The van der Waals surface area contributed by atoms with Gasteiger partial charge in [0.25, 0.3) is 0 Å². The van der Waals surface area contributed by atoms with Crippen LogP contribution in [0.2, 0.25) is 0 Å². The van der Waals surface area contributed by atoms with Crippen LogP contribution in [-0.4, -0.2) is 37.2 Å². The maximum Gasteiger partial charge on any atom is 0.306 e. The number of unbranched alkanes of at least 4 members (excludes halogenated alkanes) is 39. The lowest BCUT2D eigenvalue weighted by Crippen LogP contribution is -2.30. The Hall–Kier alpha value is -3.41. The highest BCUT2D eigenvalue weighted by molar-refractivity contribution is 5.71. The van der Waals surface area contributed by atoms with Gasteiger partial charge in [-0.15, -0.1) is 0 Å². The van der Waals surface area contributed by atoms with E-state index in [1.54, 1.807) is 0 Å². The van der Waals surface area contributed by atoms with Gasteiger partial charge in [0.2, 0.25) is 0 Å². The summed E-state index contributed by atoms with van der Waals surface area (Å²) in [6.45, 7) is 6.54. The van der Waals surface area contributed by atoms with Crippen molar-refractivity contribution in [1.29, 1.82) is 0 Å². The Balaban J connectivity index is 4.42. The summed E-state index contributed by atoms with van der Waals surface area (Å²) >= 11 is 0. The topological polar surface area (TPSA) is 78.9 Å². The Labute approximate surface area is 503 Å². The molecule has 468 valence electrons. The first-order chi connectivity index (χ1) is 40.0. The number of hydrogen-bond donors (Lipinski definition) is 0. The van der Waals surface area contributed by atoms with Crippen LogP contribution in [-0.2, 0) is 28.6 Å². The second-order valence-electron chi connectivity index (χ2n) is 23.4. The average molecular weight is 1130 g/mol. The molecule has 1 unspecified atom stereocenters. The average Bonchev–Trinajstić information content (AvgIpc) is 3.47. The molecule has 0 saturated carbocycles. The lowest BCUT2D eigenvalue weighted by Gasteiger charge is -2.18. The highest BCUT2D eigenvalue weighted by Crippen LogP contribution is 2.18. The van der Waals surface area contributed by atoms with Gasteiger partial charge in [-0.2, -0.15) is 0 Å². The van der Waals surface area contributed by atoms with Gasteiger partial charge < -0.3 is 14.2 Å². The summed E-state index contributed by atoms with van der Waals surface area (Å²) in [5, 5.41) is 0. The molecule has 0 spiro atoms. The summed E-state index contributed by atoms with van der Waals surface area (Å²) < 4.78 is 17.0. The van der Waals surface area contributed by atoms with Crippen molar-refractivity contribution < 1.29 is 28.6 Å². The van der Waals surface area contributed by atoms with Gasteiger partial charge in [-0.1, -0.05) is 350 Å². The van der Waals surface area contributed by atoms with Gasteiger partial charge in [-0.25, -0.2) is 0 Å². The predicted octanol–water partition coefficient (Wildman–Crippen LogP) is 24.2. The molecule has 0 aliphatic carbocycles. The van der Waals surface area contributed by atoms with E-state index in [1.165, 1.54) is 218 Å². The molecular weight excluding hydrogens is 997 g/mol. The van der Waals surface area contributed by atoms with Crippen LogP contribution < -0.4 is 0 Å². The Morgan fingerprint density at radius 3 is 0.753 bits per heavy atom. The SMILES string of the molecule is CC/C=C\C/C=C\C/C=C\C/C=C\C/C=C\C/C=C\C/C=C\CCCC(=O)OCC(COC(=O)CCCCCCCCCCCCCCCCCCC)OC(=O)CCCCCCCCCCCCCCCCCCCCCCCCC. The number of carbonyl (C=O) groups excluding carboxylic acids is 3. The van der Waals surface area contributed by atoms with Crippen molar-refractivity contribution in [2.45, 2.75) is 361 Å². The maximum atomic E-state index is 13.0. The van der Waals surface area contributed by atoms with E-state index in [4.69, 9.17) is 14.2 Å². The third-order valence-corrected chi connectivity index (χ3v) is 15.4. The first kappa shape index (κ1) is 77.6. The highest BCUT2D eigenvalue weighted by atomic mass is 16.6. The van der Waals surface area contributed by atoms with Crippen LogP contribution in [0.4, 0.5) is 0 Å². The molecule has 0 aromatic rings. The Morgan fingerprint density at radius 1 is 0.259 bits per heavy atom. The fourth-order valence-corrected chi connectivity index (χ4v) is 10.2. The summed E-state index contributed by atoms with van der Waals surface area (Å²) in [4.78, 5) is 38.4. The minimum Gasteiger partial charge on any atom is -0.462 e. The zero-order chi connectivity index (χ0) is 58.5. The van der Waals surface area contributed by atoms with Gasteiger partial charge in [0.1, 0.15) is 13.2 Å². The van der Waals surface area contributed by atoms with E-state index >= 15 is 0 Å². The lowest BCUT2D eigenvalue weighted by molar-refractivity contribution is -0.167. The van der Waals surface area contributed by atoms with E-state index in [0.717, 1.165) is 89.9 Å². The van der Waals surface area contributed by atoms with Gasteiger partial charge in [0, 0.05) is 19.3 Å². The van der Waals surface area contributed by atoms with Crippen molar-refractivity contribution >= 4 is 17.9 Å². The van der Waals surface area contributed by atoms with E-state index in [2.05, 4.69) is 106 Å². The smallest absolute Gasteiger partial charge is 0.306 e. The first-order valence-electron chi connectivity index (χ1n) is 35.1. The van der Waals surface area contributed by atoms with Crippen molar-refractivity contribution in [2.75, 3.05) is 13.2 Å². The van der Waals surface area contributed by atoms with Gasteiger partial charge >= 0.3 is 17.9 Å². The van der Waals surface area contributed by atoms with Crippen molar-refractivity contribution in [1.82, 2.24) is 0 Å². The summed E-state index contributed by atoms with van der Waals surface area (Å²) in [7, 11) is 0. The molecule has 81 heavy (non-hydrogen) atoms. The van der Waals surface area contributed by atoms with Gasteiger partial charge in [-0.05, 0) is 70.6 Å². The highest BCUT2D eigenvalue weighted by Gasteiger charge is 2.19. The van der Waals surface area contributed by atoms with Crippen LogP contribution in [0.3, 0.4) is 0 Å². The molecule has 0 radical (unpaired) electrons. The van der Waals surface area contributed by atoms with Crippen molar-refractivity contribution in [2.24, 2.45) is 0 Å². The minimum atomic E-state index is -0.799. The summed E-state index contributed by atoms with van der Waals surface area (Å²) in [6.07, 6.45) is 91.8. The third kappa shape index (κ3) is 67.3. The second-order valence-corrected chi connectivity index (χ2v) is 23.4. The summed E-state index contributed by atoms with van der Waals surface area (Å²) in [5.74, 6) is -0.930. The fourth-order valence-electron chi connectivity index (χ4n) is 10.2. The molecule has 0 aromatic heterocycles. The molecule has 0 aliphatic rings. The number of ether oxygens (including phenoxy) is 3. The molecule has 0 aliphatic heterocycles. The van der Waals surface area contributed by atoms with E-state index < -0.39 is 6.10 Å². The van der Waals surface area contributed by atoms with E-state index in [-0.39, 0.29) is 37.5 Å². The second kappa shape index (κ2) is 69.1. The number of hydrogen-bond acceptors (Lipinski definition) is 6. The molecule has 1 atom stereocenters. The molecule has 0 saturated heterocycles. The summed E-state index contributed by atoms with van der Waals surface area (Å²) in [6, 6.07) is 0. The molecule has 0 aromatic carbocycles. The predicted molar refractivity (Wildman–Crippen MR) is 353 cm³/mol. The Bertz CT molecular complexity index is 1530. The molecule has 0 amide bonds. The van der Waals surface area contributed by atoms with Crippen LogP contribution in [0.15, 0.2) is 85.1 Å². The maximum absolute atomic E-state index is 13.0. The Kier molecular flexibility index (Phi) is 66.2. The quantitative estimate of drug-likeness (QED) is 0.0261. The molecule has 0 rings (SSSR count). The monoisotopic (exact) mass is 1130 g/mol. The van der Waals surface area contributed by atoms with Crippen LogP contribution >= 0.6 is 0 Å². The Morgan fingerprint density at radius 2 is 0.481 bits per heavy atom. The molecule has 6 nitrogen and oxygen atoms in total. The standard InChI is InChI=1S/C75H132O6/c1-4-7-10-13-16-19-22-25-28-31-33-35-37-39-41-44-47-50-53-56-59-62-65-68-74(77)80-71-72(70-79-73(76)67-64-61-58-55-52-49-46-43-30-27-24-21-18-15-12-9-6-3)81-75(78)69-66-63-60-57-54-51-48-45-42-40-38-36-34-32-29-26-23-20-17-14-11-8-5-2/h7,10,16,19,25,28,33,35,39,41,47,50,56,59,72H,4-6,8-9,11-15,17-18,20-24,26-27,29-32,34,36-38,40,42-46,48-49,51-55,57-58,60-71H2,1-3H3/b10-7-,19-16-,28-25-,35-33-,41-39-,50-47-,59-56-. The zero-order valence-corrected chi connectivity index (χ0v) is 53.8. The van der Waals surface area contributed by atoms with E-state index in [0.29, 0.717) is 19.3 Å². The van der Waals surface area contributed by atoms with Crippen LogP contribution in [0, 0.1) is 0 Å². The lowest BCUT2D eigenvalue weighted by atomic mass is 10.0. The van der Waals surface area contributed by atoms with Crippen LogP contribution in [0.1, 0.15) is 355 Å². The normalized spacial score (nSPS) is 12.6. The molecule has 6 heteroatoms. The molecule has 0 heterocycles. The number of allylic oxidation sites excluding steroid dienone is 14. The van der Waals surface area contributed by atoms with Gasteiger partial charge in [0.05, 0.1) is 0 Å². The van der Waals surface area contributed by atoms with Crippen molar-refractivity contribution in [3.8, 4) is 0 Å². The number of rotatable bonds is 64. The number of carbonyl (C=O) groups is 3. The molecule has 0 N–H and O–H groups in total. The minimum absolute atomic E-state index is 0.0897. The van der Waals surface area contributed by atoms with Gasteiger partial charge in [0.15, 0.2) is 6.10 Å². The third-order valence-electron chi connectivity index (χ3n) is 15.4. The molecule has 0 fully saturated rings. The summed E-state index contributed by atoms with van der Waals surface area (Å²) in [5.41, 5.74) is 0. The first-order valence-corrected chi connectivity index (χ1v) is 35.1. The van der Waals surface area contributed by atoms with E-state index in [1.807, 2.05) is 0 Å². The van der Waals surface area contributed by atoms with Crippen LogP contribution in [0.5, 0.6) is 0 Å². The largest absolute Gasteiger partial charge is 0.462 e. The number of esters is 3. The van der Waals surface area contributed by atoms with Crippen LogP contribution in [0.25, 0.3) is 0 Å². The fraction of sp³-hybridized carbons (Fsp3) is 0.773. The van der Waals surface area contributed by atoms with Crippen molar-refractivity contribution in [3.63, 3.8) is 0 Å². The van der Waals surface area contributed by atoms with Crippen molar-refractivity contribution in [3.05, 3.63) is 85.1 Å².